The van der Waals surface area contributed by atoms with Crippen molar-refractivity contribution in [3.63, 3.8) is 0 Å². The molecule has 0 bridgehead atoms. The molecule has 12 heteroatoms. The second-order valence-electron chi connectivity index (χ2n) is 7.89. The molecule has 35 heavy (non-hydrogen) atoms. The van der Waals surface area contributed by atoms with Gasteiger partial charge in [-0.05, 0) is 56.7 Å². The number of nitrogens with two attached hydrogens (primary N) is 1. The van der Waals surface area contributed by atoms with E-state index >= 15 is 0 Å². The molecule has 2 atom stereocenters. The lowest BCUT2D eigenvalue weighted by molar-refractivity contribution is -0.148. The number of methoxy groups -OCH3 is 2. The predicted octanol–water partition coefficient (Wildman–Crippen LogP) is 3.26. The highest BCUT2D eigenvalue weighted by Gasteiger charge is 2.23. The van der Waals surface area contributed by atoms with Crippen molar-refractivity contribution >= 4 is 24.4 Å². The van der Waals surface area contributed by atoms with Crippen molar-refractivity contribution in [1.82, 2.24) is 0 Å². The van der Waals surface area contributed by atoms with Crippen molar-refractivity contribution in [3.8, 4) is 11.5 Å². The maximum Gasteiger partial charge on any atom is 0.513 e. The summed E-state index contributed by atoms with van der Waals surface area (Å²) in [6.45, 7) is 1.37. The molecule has 0 heterocycles. The Hall–Kier alpha value is -3.54. The molecule has 12 nitrogen and oxygen atoms in total. The van der Waals surface area contributed by atoms with Crippen LogP contribution < -0.4 is 15.2 Å². The summed E-state index contributed by atoms with van der Waals surface area (Å²) in [6.07, 6.45) is 1.07. The topological polar surface area (TPSA) is 159 Å². The van der Waals surface area contributed by atoms with E-state index in [4.69, 9.17) is 29.4 Å². The molecule has 0 aliphatic heterocycles. The SMILES string of the molecule is COC(=O)Oc1ccc(C[C@H](N)C(=O)OC[C@H](C)OC(=O)OC2CCCCC2)cc1OC(=O)OC. The minimum absolute atomic E-state index is 0.00777. The molecule has 1 aliphatic carbocycles. The van der Waals surface area contributed by atoms with Crippen LogP contribution >= 0.6 is 0 Å². The smallest absolute Gasteiger partial charge is 0.461 e. The van der Waals surface area contributed by atoms with Crippen LogP contribution in [0.25, 0.3) is 0 Å². The van der Waals surface area contributed by atoms with E-state index in [0.29, 0.717) is 5.56 Å². The number of hydrogen-bond acceptors (Lipinski definition) is 12. The molecule has 0 spiro atoms. The fourth-order valence-corrected chi connectivity index (χ4v) is 3.30. The van der Waals surface area contributed by atoms with Gasteiger partial charge in [0.05, 0.1) is 14.2 Å². The van der Waals surface area contributed by atoms with Crippen LogP contribution in [-0.2, 0) is 34.9 Å². The van der Waals surface area contributed by atoms with Gasteiger partial charge in [-0.1, -0.05) is 12.5 Å². The zero-order valence-corrected chi connectivity index (χ0v) is 20.0. The molecule has 1 aliphatic rings. The summed E-state index contributed by atoms with van der Waals surface area (Å²) in [5, 5.41) is 0. The van der Waals surface area contributed by atoms with E-state index in [2.05, 4.69) is 9.47 Å². The van der Waals surface area contributed by atoms with Gasteiger partial charge in [0.1, 0.15) is 24.9 Å². The minimum atomic E-state index is -1.07. The maximum absolute atomic E-state index is 12.3. The first-order valence-corrected chi connectivity index (χ1v) is 11.2. The Kier molecular flexibility index (Phi) is 11.1. The summed E-state index contributed by atoms with van der Waals surface area (Å²) in [6, 6.07) is 3.14. The average Bonchev–Trinajstić information content (AvgIpc) is 2.84. The summed E-state index contributed by atoms with van der Waals surface area (Å²) < 4.78 is 34.3. The molecular formula is C23H31NO11. The van der Waals surface area contributed by atoms with E-state index in [-0.39, 0.29) is 30.6 Å². The molecule has 1 saturated carbocycles. The number of ether oxygens (including phenoxy) is 7. The zero-order chi connectivity index (χ0) is 25.8. The lowest BCUT2D eigenvalue weighted by Crippen LogP contribution is -2.36. The number of esters is 1. The first kappa shape index (κ1) is 27.7. The Morgan fingerprint density at radius 1 is 0.943 bits per heavy atom. The molecule has 0 aromatic heterocycles. The summed E-state index contributed by atoms with van der Waals surface area (Å²) in [5.74, 6) is -0.974. The van der Waals surface area contributed by atoms with Crippen molar-refractivity contribution in [1.29, 1.82) is 0 Å². The summed E-state index contributed by atoms with van der Waals surface area (Å²) in [4.78, 5) is 47.1. The van der Waals surface area contributed by atoms with Crippen LogP contribution in [0.2, 0.25) is 0 Å². The van der Waals surface area contributed by atoms with Gasteiger partial charge < -0.3 is 38.9 Å². The van der Waals surface area contributed by atoms with E-state index in [1.807, 2.05) is 0 Å². The molecule has 0 amide bonds. The van der Waals surface area contributed by atoms with Crippen LogP contribution in [-0.4, -0.2) is 63.5 Å². The number of rotatable bonds is 9. The Morgan fingerprint density at radius 3 is 2.20 bits per heavy atom. The van der Waals surface area contributed by atoms with E-state index in [9.17, 15) is 19.2 Å². The fraction of sp³-hybridized carbons (Fsp3) is 0.565. The van der Waals surface area contributed by atoms with Crippen LogP contribution in [0.15, 0.2) is 18.2 Å². The molecular weight excluding hydrogens is 466 g/mol. The number of carbonyl (C=O) groups is 4. The van der Waals surface area contributed by atoms with Crippen LogP contribution in [0.1, 0.15) is 44.6 Å². The molecule has 2 rings (SSSR count). The number of carbonyl (C=O) groups excluding carboxylic acids is 4. The molecule has 1 aromatic carbocycles. The van der Waals surface area contributed by atoms with Gasteiger partial charge in [-0.25, -0.2) is 14.4 Å². The molecule has 2 N–H and O–H groups in total. The fourth-order valence-electron chi connectivity index (χ4n) is 3.30. The average molecular weight is 497 g/mol. The third-order valence-corrected chi connectivity index (χ3v) is 5.06. The molecule has 0 saturated heterocycles. The van der Waals surface area contributed by atoms with Gasteiger partial charge in [0.2, 0.25) is 0 Å². The molecule has 0 unspecified atom stereocenters. The molecule has 1 aromatic rings. The highest BCUT2D eigenvalue weighted by molar-refractivity contribution is 5.76. The second-order valence-corrected chi connectivity index (χ2v) is 7.89. The number of hydrogen-bond donors (Lipinski definition) is 1. The quantitative estimate of drug-likeness (QED) is 0.302. The molecule has 1 fully saturated rings. The zero-order valence-electron chi connectivity index (χ0n) is 20.0. The largest absolute Gasteiger partial charge is 0.513 e. The van der Waals surface area contributed by atoms with Crippen LogP contribution in [0.5, 0.6) is 11.5 Å². The Balaban J connectivity index is 1.87. The normalized spacial score (nSPS) is 15.2. The van der Waals surface area contributed by atoms with E-state index in [1.54, 1.807) is 6.92 Å². The van der Waals surface area contributed by atoms with Crippen molar-refractivity contribution in [2.75, 3.05) is 20.8 Å². The van der Waals surface area contributed by atoms with Crippen molar-refractivity contribution in [2.24, 2.45) is 5.73 Å². The summed E-state index contributed by atoms with van der Waals surface area (Å²) in [5.41, 5.74) is 6.41. The van der Waals surface area contributed by atoms with Gasteiger partial charge in [-0.3, -0.25) is 4.79 Å². The van der Waals surface area contributed by atoms with Crippen LogP contribution in [0.3, 0.4) is 0 Å². The summed E-state index contributed by atoms with van der Waals surface area (Å²) >= 11 is 0. The summed E-state index contributed by atoms with van der Waals surface area (Å²) in [7, 11) is 2.23. The first-order valence-electron chi connectivity index (χ1n) is 11.2. The highest BCUT2D eigenvalue weighted by atomic mass is 16.7. The second kappa shape index (κ2) is 14.0. The van der Waals surface area contributed by atoms with Gasteiger partial charge >= 0.3 is 24.4 Å². The monoisotopic (exact) mass is 497 g/mol. The first-order chi connectivity index (χ1) is 16.7. The Bertz CT molecular complexity index is 882. The van der Waals surface area contributed by atoms with Crippen LogP contribution in [0.4, 0.5) is 14.4 Å². The minimum Gasteiger partial charge on any atom is -0.461 e. The van der Waals surface area contributed by atoms with E-state index < -0.39 is 36.6 Å². The van der Waals surface area contributed by atoms with Gasteiger partial charge in [0, 0.05) is 0 Å². The van der Waals surface area contributed by atoms with Crippen molar-refractivity contribution < 1.29 is 52.3 Å². The van der Waals surface area contributed by atoms with Crippen molar-refractivity contribution in [3.05, 3.63) is 23.8 Å². The predicted molar refractivity (Wildman–Crippen MR) is 119 cm³/mol. The van der Waals surface area contributed by atoms with Crippen LogP contribution in [0, 0.1) is 0 Å². The lowest BCUT2D eigenvalue weighted by atomic mass is 9.98. The third kappa shape index (κ3) is 9.69. The lowest BCUT2D eigenvalue weighted by Gasteiger charge is -2.22. The van der Waals surface area contributed by atoms with Gasteiger partial charge in [-0.15, -0.1) is 0 Å². The Labute approximate surface area is 202 Å². The number of benzene rings is 1. The highest BCUT2D eigenvalue weighted by Crippen LogP contribution is 2.30. The van der Waals surface area contributed by atoms with Gasteiger partial charge in [0.15, 0.2) is 11.5 Å². The molecule has 0 radical (unpaired) electrons. The molecule has 194 valence electrons. The maximum atomic E-state index is 12.3. The van der Waals surface area contributed by atoms with E-state index in [1.165, 1.54) is 18.2 Å². The van der Waals surface area contributed by atoms with E-state index in [0.717, 1.165) is 46.3 Å². The van der Waals surface area contributed by atoms with Gasteiger partial charge in [-0.2, -0.15) is 0 Å². The van der Waals surface area contributed by atoms with Gasteiger partial charge in [0.25, 0.3) is 0 Å². The van der Waals surface area contributed by atoms with Crippen molar-refractivity contribution in [2.45, 2.75) is 63.7 Å². The third-order valence-electron chi connectivity index (χ3n) is 5.06. The standard InChI is InChI=1S/C23H31NO11/c1-14(32-23(28)33-16-7-5-4-6-8-16)13-31-20(25)17(24)11-15-9-10-18(34-21(26)29-2)19(12-15)35-22(27)30-3/h9-10,12,14,16-17H,4-8,11,13,24H2,1-3H3/t14-,17-/m0/s1. The Morgan fingerprint density at radius 2 is 1.57 bits per heavy atom.